The Morgan fingerprint density at radius 1 is 1.08 bits per heavy atom. The summed E-state index contributed by atoms with van der Waals surface area (Å²) in [6.07, 6.45) is -0.130. The van der Waals surface area contributed by atoms with E-state index < -0.39 is 17.9 Å². The minimum atomic E-state index is -2.84. The van der Waals surface area contributed by atoms with Gasteiger partial charge in [-0.2, -0.15) is 8.78 Å². The first-order valence-electron chi connectivity index (χ1n) is 7.34. The van der Waals surface area contributed by atoms with Crippen molar-refractivity contribution in [3.8, 4) is 11.5 Å². The zero-order chi connectivity index (χ0) is 18.0. The summed E-state index contributed by atoms with van der Waals surface area (Å²) < 4.78 is 43.7. The Morgan fingerprint density at radius 3 is 2.36 bits per heavy atom. The van der Waals surface area contributed by atoms with Crippen molar-refractivity contribution in [3.05, 3.63) is 53.9 Å². The molecule has 0 radical (unpaired) electrons. The van der Waals surface area contributed by atoms with Crippen molar-refractivity contribution in [2.45, 2.75) is 25.8 Å². The third-order valence-electron chi connectivity index (χ3n) is 3.50. The Labute approximate surface area is 141 Å². The monoisotopic (exact) mass is 349 g/mol. The second kappa shape index (κ2) is 6.50. The number of nitrogens with zero attached hydrogens (tertiary/aromatic N) is 4. The van der Waals surface area contributed by atoms with Crippen molar-refractivity contribution >= 4 is 5.95 Å². The summed E-state index contributed by atoms with van der Waals surface area (Å²) in [4.78, 5) is 8.18. The topological polar surface area (TPSA) is 76.7 Å². The van der Waals surface area contributed by atoms with Crippen molar-refractivity contribution in [1.29, 1.82) is 0 Å². The predicted molar refractivity (Wildman–Crippen MR) is 83.3 cm³/mol. The van der Waals surface area contributed by atoms with Crippen LogP contribution in [0.4, 0.5) is 19.1 Å². The maximum absolute atomic E-state index is 14.0. The van der Waals surface area contributed by atoms with Gasteiger partial charge in [-0.1, -0.05) is 18.2 Å². The molecule has 2 heterocycles. The Bertz CT molecular complexity index is 864. The number of halogens is 3. The first-order chi connectivity index (χ1) is 11.9. The molecule has 0 unspecified atom stereocenters. The number of anilines is 1. The van der Waals surface area contributed by atoms with Crippen molar-refractivity contribution < 1.29 is 17.6 Å². The van der Waals surface area contributed by atoms with Crippen LogP contribution >= 0.6 is 0 Å². The molecule has 3 aromatic rings. The standard InChI is InChI=1S/C16H14F3N5O/c1-16(2,10-5-3-4-6-11(10)17)22-15-20-7-9(8-21-15)13-23-24-14(25-13)12(18)19/h3-8,12H,1-2H3,(H,20,21,22). The summed E-state index contributed by atoms with van der Waals surface area (Å²) in [7, 11) is 0. The number of hydrogen-bond acceptors (Lipinski definition) is 6. The summed E-state index contributed by atoms with van der Waals surface area (Å²) >= 11 is 0. The lowest BCUT2D eigenvalue weighted by molar-refractivity contribution is 0.116. The lowest BCUT2D eigenvalue weighted by Gasteiger charge is -2.27. The van der Waals surface area contributed by atoms with Crippen LogP contribution in [0.1, 0.15) is 31.7 Å². The second-order valence-corrected chi connectivity index (χ2v) is 5.77. The zero-order valence-corrected chi connectivity index (χ0v) is 13.4. The number of alkyl halides is 2. The molecule has 1 N–H and O–H groups in total. The molecular formula is C16H14F3N5O. The molecular weight excluding hydrogens is 335 g/mol. The van der Waals surface area contributed by atoms with Crippen molar-refractivity contribution in [2.24, 2.45) is 0 Å². The van der Waals surface area contributed by atoms with Crippen molar-refractivity contribution in [2.75, 3.05) is 5.32 Å². The van der Waals surface area contributed by atoms with E-state index in [0.717, 1.165) is 0 Å². The Balaban J connectivity index is 1.79. The highest BCUT2D eigenvalue weighted by molar-refractivity contribution is 5.50. The molecule has 2 aromatic heterocycles. The fourth-order valence-electron chi connectivity index (χ4n) is 2.26. The molecule has 0 aliphatic rings. The van der Waals surface area contributed by atoms with Crippen LogP contribution in [-0.4, -0.2) is 20.2 Å². The molecule has 0 bridgehead atoms. The maximum Gasteiger partial charge on any atom is 0.314 e. The average molecular weight is 349 g/mol. The number of benzene rings is 1. The van der Waals surface area contributed by atoms with Gasteiger partial charge in [-0.3, -0.25) is 0 Å². The molecule has 0 aliphatic carbocycles. The zero-order valence-electron chi connectivity index (χ0n) is 13.4. The van der Waals surface area contributed by atoms with E-state index in [1.165, 1.54) is 18.5 Å². The summed E-state index contributed by atoms with van der Waals surface area (Å²) in [6.45, 7) is 3.57. The SMILES string of the molecule is CC(C)(Nc1ncc(-c2nnc(C(F)F)o2)cn1)c1ccccc1F. The van der Waals surface area contributed by atoms with Gasteiger partial charge in [0, 0.05) is 18.0 Å². The molecule has 0 spiro atoms. The van der Waals surface area contributed by atoms with Gasteiger partial charge < -0.3 is 9.73 Å². The van der Waals surface area contributed by atoms with Gasteiger partial charge in [0.25, 0.3) is 11.8 Å². The minimum Gasteiger partial charge on any atom is -0.415 e. The second-order valence-electron chi connectivity index (χ2n) is 5.77. The van der Waals surface area contributed by atoms with Crippen LogP contribution in [0.5, 0.6) is 0 Å². The van der Waals surface area contributed by atoms with Crippen LogP contribution in [-0.2, 0) is 5.54 Å². The smallest absolute Gasteiger partial charge is 0.314 e. The highest BCUT2D eigenvalue weighted by Crippen LogP contribution is 2.27. The molecule has 25 heavy (non-hydrogen) atoms. The Kier molecular flexibility index (Phi) is 4.39. The molecule has 0 amide bonds. The van der Waals surface area contributed by atoms with Gasteiger partial charge in [0.2, 0.25) is 5.95 Å². The molecule has 0 fully saturated rings. The van der Waals surface area contributed by atoms with Crippen LogP contribution < -0.4 is 5.32 Å². The number of rotatable bonds is 5. The Hall–Kier alpha value is -2.97. The molecule has 0 atom stereocenters. The van der Waals surface area contributed by atoms with E-state index in [1.807, 2.05) is 0 Å². The maximum atomic E-state index is 14.0. The number of hydrogen-bond donors (Lipinski definition) is 1. The fraction of sp³-hybridized carbons (Fsp3) is 0.250. The first-order valence-corrected chi connectivity index (χ1v) is 7.34. The molecule has 130 valence electrons. The average Bonchev–Trinajstić information content (AvgIpc) is 3.06. The minimum absolute atomic E-state index is 0.102. The molecule has 0 saturated carbocycles. The summed E-state index contributed by atoms with van der Waals surface area (Å²) in [6, 6.07) is 6.39. The summed E-state index contributed by atoms with van der Waals surface area (Å²) in [5.74, 6) is -0.972. The largest absolute Gasteiger partial charge is 0.415 e. The molecule has 6 nitrogen and oxygen atoms in total. The van der Waals surface area contributed by atoms with E-state index >= 15 is 0 Å². The van der Waals surface area contributed by atoms with Crippen molar-refractivity contribution in [1.82, 2.24) is 20.2 Å². The van der Waals surface area contributed by atoms with Gasteiger partial charge in [0.05, 0.1) is 11.1 Å². The molecule has 1 aromatic carbocycles. The van der Waals surface area contributed by atoms with Gasteiger partial charge in [-0.15, -0.1) is 10.2 Å². The van der Waals surface area contributed by atoms with E-state index in [4.69, 9.17) is 4.42 Å². The highest BCUT2D eigenvalue weighted by Gasteiger charge is 2.25. The lowest BCUT2D eigenvalue weighted by Crippen LogP contribution is -2.30. The van der Waals surface area contributed by atoms with Gasteiger partial charge in [-0.25, -0.2) is 14.4 Å². The highest BCUT2D eigenvalue weighted by atomic mass is 19.3. The summed E-state index contributed by atoms with van der Waals surface area (Å²) in [5, 5.41) is 9.80. The van der Waals surface area contributed by atoms with Gasteiger partial charge in [-0.05, 0) is 19.9 Å². The molecule has 0 saturated heterocycles. The van der Waals surface area contributed by atoms with Crippen LogP contribution in [0, 0.1) is 5.82 Å². The fourth-order valence-corrected chi connectivity index (χ4v) is 2.26. The van der Waals surface area contributed by atoms with E-state index in [1.54, 1.807) is 32.0 Å². The lowest BCUT2D eigenvalue weighted by atomic mass is 9.94. The van der Waals surface area contributed by atoms with E-state index in [9.17, 15) is 13.2 Å². The van der Waals surface area contributed by atoms with E-state index in [0.29, 0.717) is 11.1 Å². The quantitative estimate of drug-likeness (QED) is 0.751. The van der Waals surface area contributed by atoms with Crippen LogP contribution in [0.15, 0.2) is 41.1 Å². The van der Waals surface area contributed by atoms with Gasteiger partial charge in [0.15, 0.2) is 0 Å². The van der Waals surface area contributed by atoms with Gasteiger partial charge >= 0.3 is 6.43 Å². The third-order valence-corrected chi connectivity index (χ3v) is 3.50. The summed E-state index contributed by atoms with van der Waals surface area (Å²) in [5.41, 5.74) is -0.00462. The van der Waals surface area contributed by atoms with Crippen LogP contribution in [0.25, 0.3) is 11.5 Å². The van der Waals surface area contributed by atoms with Crippen molar-refractivity contribution in [3.63, 3.8) is 0 Å². The normalized spacial score (nSPS) is 11.8. The third kappa shape index (κ3) is 3.59. The number of nitrogens with one attached hydrogen (secondary N) is 1. The number of aromatic nitrogens is 4. The van der Waals surface area contributed by atoms with Crippen LogP contribution in [0.3, 0.4) is 0 Å². The predicted octanol–water partition coefficient (Wildman–Crippen LogP) is 3.95. The molecule has 9 heteroatoms. The van der Waals surface area contributed by atoms with Crippen LogP contribution in [0.2, 0.25) is 0 Å². The molecule has 3 rings (SSSR count). The Morgan fingerprint density at radius 2 is 1.76 bits per heavy atom. The first kappa shape index (κ1) is 16.9. The van der Waals surface area contributed by atoms with E-state index in [2.05, 4.69) is 25.5 Å². The van der Waals surface area contributed by atoms with Gasteiger partial charge in [0.1, 0.15) is 5.82 Å². The van der Waals surface area contributed by atoms with E-state index in [-0.39, 0.29) is 17.7 Å². The molecule has 0 aliphatic heterocycles.